The van der Waals surface area contributed by atoms with Gasteiger partial charge in [0.1, 0.15) is 5.82 Å². The van der Waals surface area contributed by atoms with Gasteiger partial charge in [-0.3, -0.25) is 4.98 Å². The van der Waals surface area contributed by atoms with Crippen molar-refractivity contribution < 1.29 is 4.39 Å². The molecule has 0 saturated heterocycles. The van der Waals surface area contributed by atoms with Gasteiger partial charge in [-0.05, 0) is 30.1 Å². The molecule has 13 heavy (non-hydrogen) atoms. The van der Waals surface area contributed by atoms with Gasteiger partial charge in [-0.2, -0.15) is 11.8 Å². The molecule has 0 radical (unpaired) electrons. The molecule has 1 heterocycles. The molecule has 0 amide bonds. The summed E-state index contributed by atoms with van der Waals surface area (Å²) >= 11 is 1.73. The van der Waals surface area contributed by atoms with Gasteiger partial charge in [0.25, 0.3) is 0 Å². The van der Waals surface area contributed by atoms with E-state index in [-0.39, 0.29) is 11.9 Å². The van der Waals surface area contributed by atoms with E-state index in [0.29, 0.717) is 0 Å². The Morgan fingerprint density at radius 1 is 1.62 bits per heavy atom. The number of hydrogen-bond acceptors (Lipinski definition) is 3. The summed E-state index contributed by atoms with van der Waals surface area (Å²) < 4.78 is 12.7. The van der Waals surface area contributed by atoms with Gasteiger partial charge >= 0.3 is 0 Å². The largest absolute Gasteiger partial charge is 0.324 e. The van der Waals surface area contributed by atoms with Gasteiger partial charge in [-0.25, -0.2) is 4.39 Å². The summed E-state index contributed by atoms with van der Waals surface area (Å²) in [4.78, 5) is 3.75. The standard InChI is InChI=1S/C9H13FN2S/c1-13-3-2-9(11)7-4-8(10)6-12-5-7/h4-6,9H,2-3,11H2,1H3. The molecule has 1 aromatic rings. The summed E-state index contributed by atoms with van der Waals surface area (Å²) in [6, 6.07) is 1.34. The maximum atomic E-state index is 12.7. The van der Waals surface area contributed by atoms with Crippen LogP contribution < -0.4 is 5.73 Å². The third kappa shape index (κ3) is 3.32. The summed E-state index contributed by atoms with van der Waals surface area (Å²) in [7, 11) is 0. The predicted octanol–water partition coefficient (Wildman–Crippen LogP) is 1.97. The minimum atomic E-state index is -0.322. The Balaban J connectivity index is 2.60. The Kier molecular flexibility index (Phi) is 4.18. The molecule has 0 aromatic carbocycles. The predicted molar refractivity (Wildman–Crippen MR) is 54.1 cm³/mol. The first-order valence-corrected chi connectivity index (χ1v) is 5.48. The lowest BCUT2D eigenvalue weighted by molar-refractivity contribution is 0.609. The van der Waals surface area contributed by atoms with E-state index >= 15 is 0 Å². The molecular weight excluding hydrogens is 187 g/mol. The highest BCUT2D eigenvalue weighted by Gasteiger charge is 2.06. The number of nitrogens with zero attached hydrogens (tertiary/aromatic N) is 1. The van der Waals surface area contributed by atoms with Crippen molar-refractivity contribution in [2.45, 2.75) is 12.5 Å². The number of hydrogen-bond donors (Lipinski definition) is 1. The molecule has 0 fully saturated rings. The number of thioether (sulfide) groups is 1. The minimum absolute atomic E-state index is 0.101. The highest BCUT2D eigenvalue weighted by atomic mass is 32.2. The molecule has 72 valence electrons. The number of aromatic nitrogens is 1. The van der Waals surface area contributed by atoms with Crippen molar-refractivity contribution >= 4 is 11.8 Å². The van der Waals surface area contributed by atoms with Crippen molar-refractivity contribution in [2.24, 2.45) is 5.73 Å². The van der Waals surface area contributed by atoms with Crippen molar-refractivity contribution in [3.8, 4) is 0 Å². The van der Waals surface area contributed by atoms with E-state index in [4.69, 9.17) is 5.73 Å². The Morgan fingerprint density at radius 2 is 2.38 bits per heavy atom. The molecule has 0 aliphatic rings. The summed E-state index contributed by atoms with van der Waals surface area (Å²) in [6.45, 7) is 0. The average molecular weight is 200 g/mol. The quantitative estimate of drug-likeness (QED) is 0.807. The van der Waals surface area contributed by atoms with Gasteiger partial charge in [0.05, 0.1) is 6.20 Å². The van der Waals surface area contributed by atoms with Gasteiger partial charge in [0, 0.05) is 12.2 Å². The third-order valence-electron chi connectivity index (χ3n) is 1.79. The van der Waals surface area contributed by atoms with Gasteiger partial charge in [0.2, 0.25) is 0 Å². The second kappa shape index (κ2) is 5.19. The second-order valence-corrected chi connectivity index (χ2v) is 3.81. The lowest BCUT2D eigenvalue weighted by Crippen LogP contribution is -2.11. The molecule has 1 aromatic heterocycles. The van der Waals surface area contributed by atoms with Crippen LogP contribution in [0, 0.1) is 5.82 Å². The summed E-state index contributed by atoms with van der Waals surface area (Å²) in [6.07, 6.45) is 5.68. The number of rotatable bonds is 4. The molecule has 1 atom stereocenters. The monoisotopic (exact) mass is 200 g/mol. The number of halogens is 1. The van der Waals surface area contributed by atoms with Crippen LogP contribution in [0.15, 0.2) is 18.5 Å². The van der Waals surface area contributed by atoms with Crippen LogP contribution in [0.1, 0.15) is 18.0 Å². The van der Waals surface area contributed by atoms with E-state index in [1.54, 1.807) is 18.0 Å². The first-order chi connectivity index (χ1) is 6.24. The normalized spacial score (nSPS) is 12.8. The van der Waals surface area contributed by atoms with Crippen LogP contribution >= 0.6 is 11.8 Å². The summed E-state index contributed by atoms with van der Waals surface area (Å²) in [5.74, 6) is 0.662. The summed E-state index contributed by atoms with van der Waals surface area (Å²) in [5.41, 5.74) is 6.60. The van der Waals surface area contributed by atoms with Gasteiger partial charge in [-0.1, -0.05) is 0 Å². The lowest BCUT2D eigenvalue weighted by Gasteiger charge is -2.09. The molecule has 2 N–H and O–H groups in total. The van der Waals surface area contributed by atoms with E-state index < -0.39 is 0 Å². The van der Waals surface area contributed by atoms with E-state index in [9.17, 15) is 4.39 Å². The van der Waals surface area contributed by atoms with Crippen molar-refractivity contribution in [3.63, 3.8) is 0 Å². The zero-order chi connectivity index (χ0) is 9.68. The maximum Gasteiger partial charge on any atom is 0.141 e. The average Bonchev–Trinajstić information content (AvgIpc) is 2.14. The molecule has 2 nitrogen and oxygen atoms in total. The van der Waals surface area contributed by atoms with Gasteiger partial charge < -0.3 is 5.73 Å². The fourth-order valence-electron chi connectivity index (χ4n) is 1.04. The summed E-state index contributed by atoms with van der Waals surface area (Å²) in [5, 5.41) is 0. The molecule has 0 bridgehead atoms. The fraction of sp³-hybridized carbons (Fsp3) is 0.444. The van der Waals surface area contributed by atoms with Crippen molar-refractivity contribution in [1.82, 2.24) is 4.98 Å². The van der Waals surface area contributed by atoms with Crippen LogP contribution in [0.5, 0.6) is 0 Å². The first kappa shape index (κ1) is 10.5. The smallest absolute Gasteiger partial charge is 0.141 e. The number of nitrogens with two attached hydrogens (primary N) is 1. The van der Waals surface area contributed by atoms with E-state index in [1.165, 1.54) is 12.3 Å². The molecule has 4 heteroatoms. The Hall–Kier alpha value is -0.610. The minimum Gasteiger partial charge on any atom is -0.324 e. The lowest BCUT2D eigenvalue weighted by atomic mass is 10.1. The maximum absolute atomic E-state index is 12.7. The molecular formula is C9H13FN2S. The topological polar surface area (TPSA) is 38.9 Å². The van der Waals surface area contributed by atoms with Crippen LogP contribution in [0.3, 0.4) is 0 Å². The number of pyridine rings is 1. The van der Waals surface area contributed by atoms with Gasteiger partial charge in [0.15, 0.2) is 0 Å². The molecule has 1 rings (SSSR count). The fourth-order valence-corrected chi connectivity index (χ4v) is 1.53. The van der Waals surface area contributed by atoms with Crippen LogP contribution in [-0.4, -0.2) is 17.0 Å². The molecule has 0 saturated carbocycles. The molecule has 0 aliphatic carbocycles. The SMILES string of the molecule is CSCCC(N)c1cncc(F)c1. The Morgan fingerprint density at radius 3 is 3.00 bits per heavy atom. The van der Waals surface area contributed by atoms with Crippen molar-refractivity contribution in [1.29, 1.82) is 0 Å². The van der Waals surface area contributed by atoms with Crippen LogP contribution in [-0.2, 0) is 0 Å². The Bertz CT molecular complexity index is 268. The van der Waals surface area contributed by atoms with E-state index in [1.807, 2.05) is 6.26 Å². The zero-order valence-corrected chi connectivity index (χ0v) is 8.35. The van der Waals surface area contributed by atoms with E-state index in [2.05, 4.69) is 4.98 Å². The van der Waals surface area contributed by atoms with Crippen LogP contribution in [0.25, 0.3) is 0 Å². The van der Waals surface area contributed by atoms with Crippen molar-refractivity contribution in [2.75, 3.05) is 12.0 Å². The Labute approximate surface area is 81.7 Å². The van der Waals surface area contributed by atoms with E-state index in [0.717, 1.165) is 17.7 Å². The zero-order valence-electron chi connectivity index (χ0n) is 7.53. The van der Waals surface area contributed by atoms with Gasteiger partial charge in [-0.15, -0.1) is 0 Å². The van der Waals surface area contributed by atoms with Crippen molar-refractivity contribution in [3.05, 3.63) is 29.8 Å². The highest BCUT2D eigenvalue weighted by molar-refractivity contribution is 7.98. The molecule has 0 aliphatic heterocycles. The molecule has 1 unspecified atom stereocenters. The van der Waals surface area contributed by atoms with Crippen LogP contribution in [0.4, 0.5) is 4.39 Å². The van der Waals surface area contributed by atoms with Crippen LogP contribution in [0.2, 0.25) is 0 Å². The second-order valence-electron chi connectivity index (χ2n) is 2.82. The highest BCUT2D eigenvalue weighted by Crippen LogP contribution is 2.15. The molecule has 0 spiro atoms. The first-order valence-electron chi connectivity index (χ1n) is 4.09. The third-order valence-corrected chi connectivity index (χ3v) is 2.43.